The van der Waals surface area contributed by atoms with Gasteiger partial charge in [0.2, 0.25) is 0 Å². The third-order valence-corrected chi connectivity index (χ3v) is 5.80. The van der Waals surface area contributed by atoms with E-state index < -0.39 is 11.9 Å². The molecule has 0 amide bonds. The molecule has 0 unspecified atom stereocenters. The minimum Gasteiger partial charge on any atom is -0.440 e. The quantitative estimate of drug-likeness (QED) is 0.677. The first-order chi connectivity index (χ1) is 15.6. The monoisotopic (exact) mass is 424 g/mol. The predicted molar refractivity (Wildman–Crippen MR) is 112 cm³/mol. The Morgan fingerprint density at radius 3 is 1.38 bits per heavy atom. The zero-order valence-electron chi connectivity index (χ0n) is 16.9. The first-order valence-corrected chi connectivity index (χ1v) is 9.92. The van der Waals surface area contributed by atoms with Crippen molar-refractivity contribution in [3.8, 4) is 12.1 Å². The number of cyclic esters (lactones) is 2. The topological polar surface area (TPSA) is 107 Å². The van der Waals surface area contributed by atoms with Crippen LogP contribution in [0.4, 0.5) is 11.4 Å². The van der Waals surface area contributed by atoms with E-state index in [0.717, 1.165) is 11.4 Å². The van der Waals surface area contributed by atoms with E-state index in [-0.39, 0.29) is 26.3 Å². The van der Waals surface area contributed by atoms with Crippen molar-refractivity contribution in [2.75, 3.05) is 23.3 Å². The molecular formula is C24H16N4O4. The second kappa shape index (κ2) is 7.60. The van der Waals surface area contributed by atoms with Gasteiger partial charge in [0, 0.05) is 35.6 Å². The fourth-order valence-corrected chi connectivity index (χ4v) is 4.12. The lowest BCUT2D eigenvalue weighted by Gasteiger charge is -2.40. The summed E-state index contributed by atoms with van der Waals surface area (Å²) in [4.78, 5) is 29.0. The van der Waals surface area contributed by atoms with E-state index in [4.69, 9.17) is 20.0 Å². The number of hydrogen-bond donors (Lipinski definition) is 0. The summed E-state index contributed by atoms with van der Waals surface area (Å²) in [5, 5.41) is 18.1. The number of benzene rings is 2. The van der Waals surface area contributed by atoms with E-state index in [1.54, 1.807) is 48.5 Å². The molecule has 2 aromatic carbocycles. The van der Waals surface area contributed by atoms with Crippen molar-refractivity contribution in [3.05, 3.63) is 82.2 Å². The second-order valence-electron chi connectivity index (χ2n) is 7.50. The third kappa shape index (κ3) is 3.15. The van der Waals surface area contributed by atoms with Crippen LogP contribution in [0.3, 0.4) is 0 Å². The number of ether oxygens (including phenoxy) is 2. The molecule has 0 radical (unpaired) electrons. The van der Waals surface area contributed by atoms with Crippen LogP contribution < -0.4 is 9.80 Å². The highest BCUT2D eigenvalue weighted by atomic mass is 16.6. The maximum atomic E-state index is 12.6. The number of carbonyl (C=O) groups excluding carboxylic acids is 2. The molecule has 0 bridgehead atoms. The summed E-state index contributed by atoms with van der Waals surface area (Å²) in [6.07, 6.45) is 0.455. The molecule has 0 atom stereocenters. The SMILES string of the molecule is N#Cc1ccc(N2COC(=O)C3=C2CC2=C(C3)N(c3ccc(C#N)cc3)COC2=O)cc1. The van der Waals surface area contributed by atoms with Crippen molar-refractivity contribution in [2.24, 2.45) is 0 Å². The van der Waals surface area contributed by atoms with Gasteiger partial charge in [0.15, 0.2) is 13.5 Å². The van der Waals surface area contributed by atoms with Gasteiger partial charge in [0.1, 0.15) is 0 Å². The van der Waals surface area contributed by atoms with Crippen molar-refractivity contribution in [1.29, 1.82) is 10.5 Å². The fourth-order valence-electron chi connectivity index (χ4n) is 4.12. The van der Waals surface area contributed by atoms with Gasteiger partial charge in [-0.1, -0.05) is 0 Å². The zero-order chi connectivity index (χ0) is 22.2. The molecule has 0 saturated heterocycles. The fraction of sp³-hybridized carbons (Fsp3) is 0.167. The van der Waals surface area contributed by atoms with Crippen LogP contribution in [0.1, 0.15) is 24.0 Å². The summed E-state index contributed by atoms with van der Waals surface area (Å²) < 4.78 is 10.8. The average Bonchev–Trinajstić information content (AvgIpc) is 2.84. The number of hydrogen-bond acceptors (Lipinski definition) is 8. The molecule has 32 heavy (non-hydrogen) atoms. The molecule has 0 N–H and O–H groups in total. The molecule has 5 rings (SSSR count). The Kier molecular flexibility index (Phi) is 4.61. The summed E-state index contributed by atoms with van der Waals surface area (Å²) >= 11 is 0. The van der Waals surface area contributed by atoms with Crippen molar-refractivity contribution in [1.82, 2.24) is 0 Å². The number of carbonyl (C=O) groups is 2. The van der Waals surface area contributed by atoms with Gasteiger partial charge < -0.3 is 19.3 Å². The van der Waals surface area contributed by atoms with Gasteiger partial charge in [-0.3, -0.25) is 0 Å². The van der Waals surface area contributed by atoms with Gasteiger partial charge in [-0.25, -0.2) is 9.59 Å². The number of allylic oxidation sites excluding steroid dienone is 2. The summed E-state index contributed by atoms with van der Waals surface area (Å²) in [5.74, 6) is -0.815. The number of nitriles is 2. The Bertz CT molecular complexity index is 1180. The summed E-state index contributed by atoms with van der Waals surface area (Å²) in [6, 6.07) is 18.1. The van der Waals surface area contributed by atoms with Gasteiger partial charge >= 0.3 is 11.9 Å². The van der Waals surface area contributed by atoms with E-state index >= 15 is 0 Å². The lowest BCUT2D eigenvalue weighted by atomic mass is 9.89. The van der Waals surface area contributed by atoms with Crippen molar-refractivity contribution in [2.45, 2.75) is 12.8 Å². The number of rotatable bonds is 2. The van der Waals surface area contributed by atoms with E-state index in [1.807, 2.05) is 9.80 Å². The Morgan fingerprint density at radius 1 is 0.656 bits per heavy atom. The van der Waals surface area contributed by atoms with Crippen LogP contribution in [0.15, 0.2) is 71.1 Å². The summed E-state index contributed by atoms with van der Waals surface area (Å²) in [7, 11) is 0. The molecule has 2 heterocycles. The maximum absolute atomic E-state index is 12.6. The molecule has 8 nitrogen and oxygen atoms in total. The molecule has 3 aliphatic rings. The normalized spacial score (nSPS) is 17.7. The predicted octanol–water partition coefficient (Wildman–Crippen LogP) is 3.07. The standard InChI is InChI=1S/C24H16N4O4/c25-11-15-1-5-17(6-2-15)27-13-31-23(29)19-10-22-20(9-21(19)27)24(30)32-14-28(22)18-7-3-16(12-26)4-8-18/h1-8H,9-10,13-14H2. The summed E-state index contributed by atoms with van der Waals surface area (Å²) in [5.41, 5.74) is 4.97. The molecule has 2 aromatic rings. The molecule has 2 aliphatic heterocycles. The number of esters is 2. The highest BCUT2D eigenvalue weighted by molar-refractivity contribution is 5.98. The minimum atomic E-state index is -0.407. The van der Waals surface area contributed by atoms with Crippen LogP contribution >= 0.6 is 0 Å². The molecular weight excluding hydrogens is 408 g/mol. The highest BCUT2D eigenvalue weighted by Gasteiger charge is 2.39. The molecule has 0 fully saturated rings. The van der Waals surface area contributed by atoms with Crippen LogP contribution in [-0.2, 0) is 19.1 Å². The van der Waals surface area contributed by atoms with Crippen LogP contribution in [0.5, 0.6) is 0 Å². The molecule has 1 aliphatic carbocycles. The van der Waals surface area contributed by atoms with Crippen LogP contribution in [0, 0.1) is 22.7 Å². The van der Waals surface area contributed by atoms with Crippen molar-refractivity contribution < 1.29 is 19.1 Å². The Hall–Kier alpha value is -4.56. The highest BCUT2D eigenvalue weighted by Crippen LogP contribution is 2.41. The number of nitrogens with zero attached hydrogens (tertiary/aromatic N) is 4. The van der Waals surface area contributed by atoms with Gasteiger partial charge in [-0.05, 0) is 48.5 Å². The molecule has 156 valence electrons. The molecule has 0 aromatic heterocycles. The maximum Gasteiger partial charge on any atom is 0.337 e. The number of anilines is 2. The van der Waals surface area contributed by atoms with Gasteiger partial charge in [-0.15, -0.1) is 0 Å². The minimum absolute atomic E-state index is 0.0283. The first-order valence-electron chi connectivity index (χ1n) is 9.92. The van der Waals surface area contributed by atoms with Crippen LogP contribution in [0.25, 0.3) is 0 Å². The first kappa shape index (κ1) is 19.4. The van der Waals surface area contributed by atoms with Crippen molar-refractivity contribution in [3.63, 3.8) is 0 Å². The Balaban J connectivity index is 1.52. The average molecular weight is 424 g/mol. The van der Waals surface area contributed by atoms with E-state index in [0.29, 0.717) is 33.7 Å². The van der Waals surface area contributed by atoms with Crippen molar-refractivity contribution >= 4 is 23.3 Å². The molecule has 8 heteroatoms. The lowest BCUT2D eigenvalue weighted by molar-refractivity contribution is -0.142. The van der Waals surface area contributed by atoms with E-state index in [1.165, 1.54) is 0 Å². The van der Waals surface area contributed by atoms with Gasteiger partial charge in [0.05, 0.1) is 34.4 Å². The lowest BCUT2D eigenvalue weighted by Crippen LogP contribution is -2.42. The van der Waals surface area contributed by atoms with E-state index in [9.17, 15) is 9.59 Å². The molecule has 0 saturated carbocycles. The largest absolute Gasteiger partial charge is 0.440 e. The Labute approximate surface area is 183 Å². The summed E-state index contributed by atoms with van der Waals surface area (Å²) in [6.45, 7) is 0.0567. The Morgan fingerprint density at radius 2 is 1.03 bits per heavy atom. The smallest absolute Gasteiger partial charge is 0.337 e. The second-order valence-corrected chi connectivity index (χ2v) is 7.50. The van der Waals surface area contributed by atoms with E-state index in [2.05, 4.69) is 12.1 Å². The van der Waals surface area contributed by atoms with Gasteiger partial charge in [-0.2, -0.15) is 10.5 Å². The van der Waals surface area contributed by atoms with Crippen LogP contribution in [0.2, 0.25) is 0 Å². The van der Waals surface area contributed by atoms with Crippen LogP contribution in [-0.4, -0.2) is 25.4 Å². The third-order valence-electron chi connectivity index (χ3n) is 5.80. The zero-order valence-corrected chi connectivity index (χ0v) is 16.9. The van der Waals surface area contributed by atoms with Gasteiger partial charge in [0.25, 0.3) is 0 Å². The molecule has 0 spiro atoms.